The minimum Gasteiger partial charge on any atom is -0.491 e. The molecule has 0 aliphatic carbocycles. The van der Waals surface area contributed by atoms with Crippen LogP contribution in [0.1, 0.15) is 11.1 Å². The molecular weight excluding hydrogens is 290 g/mol. The molecule has 118 valence electrons. The first-order valence-corrected chi connectivity index (χ1v) is 7.45. The van der Waals surface area contributed by atoms with Gasteiger partial charge in [-0.25, -0.2) is 15.0 Å². The van der Waals surface area contributed by atoms with Crippen LogP contribution in [-0.4, -0.2) is 28.1 Å². The third-order valence-electron chi connectivity index (χ3n) is 3.57. The maximum Gasteiger partial charge on any atom is 0.166 e. The molecule has 0 spiro atoms. The van der Waals surface area contributed by atoms with E-state index in [2.05, 4.69) is 20.3 Å². The van der Waals surface area contributed by atoms with Crippen molar-refractivity contribution in [3.05, 3.63) is 47.8 Å². The summed E-state index contributed by atoms with van der Waals surface area (Å²) in [5.74, 6) is 2.12. The summed E-state index contributed by atoms with van der Waals surface area (Å²) in [5, 5.41) is 4.10. The predicted molar refractivity (Wildman–Crippen MR) is 91.6 cm³/mol. The Hall–Kier alpha value is -2.89. The van der Waals surface area contributed by atoms with Crippen LogP contribution in [0.4, 0.5) is 11.6 Å². The number of nitrogens with one attached hydrogen (secondary N) is 1. The molecule has 3 N–H and O–H groups in total. The van der Waals surface area contributed by atoms with Gasteiger partial charge >= 0.3 is 0 Å². The van der Waals surface area contributed by atoms with E-state index in [0.717, 1.165) is 28.1 Å². The van der Waals surface area contributed by atoms with E-state index in [-0.39, 0.29) is 0 Å². The van der Waals surface area contributed by atoms with E-state index < -0.39 is 0 Å². The van der Waals surface area contributed by atoms with E-state index in [1.807, 2.05) is 38.1 Å². The smallest absolute Gasteiger partial charge is 0.166 e. The third-order valence-corrected chi connectivity index (χ3v) is 3.57. The molecule has 23 heavy (non-hydrogen) atoms. The van der Waals surface area contributed by atoms with Gasteiger partial charge in [0.25, 0.3) is 0 Å². The standard InChI is InChI=1S/C17H19N5O/c1-11-4-3-5-12(2)15(11)23-9-8-19-16-13-6-7-14(18)22-17(13)21-10-20-16/h3-7,10H,8-9H2,1-2H3,(H3,18,19,20,21,22). The fourth-order valence-electron chi connectivity index (χ4n) is 2.45. The van der Waals surface area contributed by atoms with Gasteiger partial charge in [-0.15, -0.1) is 0 Å². The number of fused-ring (bicyclic) bond motifs is 1. The normalized spacial score (nSPS) is 10.7. The van der Waals surface area contributed by atoms with Crippen LogP contribution in [-0.2, 0) is 0 Å². The summed E-state index contributed by atoms with van der Waals surface area (Å²) in [6, 6.07) is 9.73. The molecule has 0 atom stereocenters. The van der Waals surface area contributed by atoms with Crippen molar-refractivity contribution < 1.29 is 4.74 Å². The Labute approximate surface area is 134 Å². The van der Waals surface area contributed by atoms with E-state index in [0.29, 0.717) is 24.6 Å². The summed E-state index contributed by atoms with van der Waals surface area (Å²) < 4.78 is 5.88. The highest BCUT2D eigenvalue weighted by Gasteiger charge is 2.06. The second kappa shape index (κ2) is 6.48. The zero-order chi connectivity index (χ0) is 16.2. The molecule has 0 bridgehead atoms. The van der Waals surface area contributed by atoms with Crippen molar-refractivity contribution in [3.8, 4) is 5.75 Å². The highest BCUT2D eigenvalue weighted by atomic mass is 16.5. The zero-order valence-electron chi connectivity index (χ0n) is 13.2. The van der Waals surface area contributed by atoms with Crippen LogP contribution in [0.3, 0.4) is 0 Å². The zero-order valence-corrected chi connectivity index (χ0v) is 13.2. The molecule has 0 unspecified atom stereocenters. The summed E-state index contributed by atoms with van der Waals surface area (Å²) in [7, 11) is 0. The molecule has 0 amide bonds. The number of ether oxygens (including phenoxy) is 1. The molecule has 0 aliphatic rings. The van der Waals surface area contributed by atoms with E-state index in [1.165, 1.54) is 6.33 Å². The van der Waals surface area contributed by atoms with Crippen molar-refractivity contribution in [3.63, 3.8) is 0 Å². The minimum atomic E-state index is 0.445. The van der Waals surface area contributed by atoms with Crippen LogP contribution in [0.2, 0.25) is 0 Å². The van der Waals surface area contributed by atoms with Gasteiger partial charge < -0.3 is 15.8 Å². The SMILES string of the molecule is Cc1cccc(C)c1OCCNc1ncnc2nc(N)ccc12. The summed E-state index contributed by atoms with van der Waals surface area (Å²) in [6.07, 6.45) is 1.48. The molecule has 3 rings (SSSR count). The number of anilines is 2. The number of aromatic nitrogens is 3. The largest absolute Gasteiger partial charge is 0.491 e. The maximum atomic E-state index is 5.88. The summed E-state index contributed by atoms with van der Waals surface area (Å²) in [5.41, 5.74) is 8.53. The van der Waals surface area contributed by atoms with Crippen molar-refractivity contribution in [2.75, 3.05) is 24.2 Å². The Balaban J connectivity index is 1.65. The summed E-state index contributed by atoms with van der Waals surface area (Å²) in [4.78, 5) is 12.6. The molecule has 0 radical (unpaired) electrons. The van der Waals surface area contributed by atoms with Gasteiger partial charge in [0.15, 0.2) is 5.65 Å². The number of hydrogen-bond acceptors (Lipinski definition) is 6. The topological polar surface area (TPSA) is 86.0 Å². The Morgan fingerprint density at radius 1 is 1.09 bits per heavy atom. The first kappa shape index (κ1) is 15.0. The Bertz CT molecular complexity index is 814. The number of para-hydroxylation sites is 1. The number of pyridine rings is 1. The van der Waals surface area contributed by atoms with Crippen molar-refractivity contribution >= 4 is 22.7 Å². The number of nitrogen functional groups attached to an aromatic ring is 1. The second-order valence-electron chi connectivity index (χ2n) is 5.33. The minimum absolute atomic E-state index is 0.445. The Morgan fingerprint density at radius 3 is 2.65 bits per heavy atom. The van der Waals surface area contributed by atoms with Gasteiger partial charge in [-0.2, -0.15) is 0 Å². The highest BCUT2D eigenvalue weighted by molar-refractivity contribution is 5.86. The lowest BCUT2D eigenvalue weighted by atomic mass is 10.1. The van der Waals surface area contributed by atoms with Crippen LogP contribution in [0.25, 0.3) is 11.0 Å². The fourth-order valence-corrected chi connectivity index (χ4v) is 2.45. The van der Waals surface area contributed by atoms with Gasteiger partial charge in [-0.1, -0.05) is 18.2 Å². The number of aryl methyl sites for hydroxylation is 2. The highest BCUT2D eigenvalue weighted by Crippen LogP contribution is 2.22. The van der Waals surface area contributed by atoms with Gasteiger partial charge in [-0.05, 0) is 37.1 Å². The van der Waals surface area contributed by atoms with Crippen molar-refractivity contribution in [2.24, 2.45) is 0 Å². The lowest BCUT2D eigenvalue weighted by molar-refractivity contribution is 0.328. The molecule has 6 nitrogen and oxygen atoms in total. The van der Waals surface area contributed by atoms with Crippen molar-refractivity contribution in [1.82, 2.24) is 15.0 Å². The molecule has 0 aliphatic heterocycles. The van der Waals surface area contributed by atoms with Crippen LogP contribution in [0.15, 0.2) is 36.7 Å². The third kappa shape index (κ3) is 3.31. The lowest BCUT2D eigenvalue weighted by Crippen LogP contribution is -2.13. The molecule has 1 aromatic carbocycles. The number of nitrogens with zero attached hydrogens (tertiary/aromatic N) is 3. The van der Waals surface area contributed by atoms with Crippen molar-refractivity contribution in [1.29, 1.82) is 0 Å². The van der Waals surface area contributed by atoms with Gasteiger partial charge in [0.1, 0.15) is 30.3 Å². The molecule has 0 fully saturated rings. The van der Waals surface area contributed by atoms with E-state index in [1.54, 1.807) is 6.07 Å². The average Bonchev–Trinajstić information content (AvgIpc) is 2.53. The maximum absolute atomic E-state index is 5.88. The monoisotopic (exact) mass is 309 g/mol. The number of benzene rings is 1. The predicted octanol–water partition coefficient (Wildman–Crippen LogP) is 2.71. The molecule has 0 saturated carbocycles. The van der Waals surface area contributed by atoms with Crippen LogP contribution in [0.5, 0.6) is 5.75 Å². The van der Waals surface area contributed by atoms with Crippen molar-refractivity contribution in [2.45, 2.75) is 13.8 Å². The van der Waals surface area contributed by atoms with Crippen LogP contribution in [0, 0.1) is 13.8 Å². The quantitative estimate of drug-likeness (QED) is 0.705. The number of nitrogens with two attached hydrogens (primary N) is 1. The van der Waals surface area contributed by atoms with Gasteiger partial charge in [0.05, 0.1) is 11.9 Å². The first-order valence-electron chi connectivity index (χ1n) is 7.45. The molecule has 2 aromatic heterocycles. The van der Waals surface area contributed by atoms with E-state index in [4.69, 9.17) is 10.5 Å². The average molecular weight is 309 g/mol. The Kier molecular flexibility index (Phi) is 4.23. The second-order valence-corrected chi connectivity index (χ2v) is 5.33. The molecule has 6 heteroatoms. The Morgan fingerprint density at radius 2 is 1.87 bits per heavy atom. The molecular formula is C17H19N5O. The molecule has 0 saturated heterocycles. The molecule has 3 aromatic rings. The number of rotatable bonds is 5. The van der Waals surface area contributed by atoms with Crippen LogP contribution >= 0.6 is 0 Å². The first-order chi connectivity index (χ1) is 11.1. The van der Waals surface area contributed by atoms with E-state index >= 15 is 0 Å². The van der Waals surface area contributed by atoms with Gasteiger partial charge in [0.2, 0.25) is 0 Å². The lowest BCUT2D eigenvalue weighted by Gasteiger charge is -2.13. The summed E-state index contributed by atoms with van der Waals surface area (Å²) >= 11 is 0. The van der Waals surface area contributed by atoms with Crippen LogP contribution < -0.4 is 15.8 Å². The fraction of sp³-hybridized carbons (Fsp3) is 0.235. The van der Waals surface area contributed by atoms with E-state index in [9.17, 15) is 0 Å². The molecule has 2 heterocycles. The van der Waals surface area contributed by atoms with Gasteiger partial charge in [0, 0.05) is 0 Å². The number of hydrogen-bond donors (Lipinski definition) is 2. The van der Waals surface area contributed by atoms with Gasteiger partial charge in [-0.3, -0.25) is 0 Å². The summed E-state index contributed by atoms with van der Waals surface area (Å²) in [6.45, 7) is 5.26.